The fourth-order valence-corrected chi connectivity index (χ4v) is 2.82. The fourth-order valence-electron chi connectivity index (χ4n) is 2.82. The topological polar surface area (TPSA) is 75.6 Å². The Morgan fingerprint density at radius 3 is 2.38 bits per heavy atom. The average molecular weight is 291 g/mol. The van der Waals surface area contributed by atoms with E-state index >= 15 is 0 Å². The van der Waals surface area contributed by atoms with E-state index in [-0.39, 0.29) is 23.1 Å². The molecule has 1 aliphatic rings. The van der Waals surface area contributed by atoms with Crippen molar-refractivity contribution in [3.05, 3.63) is 35.4 Å². The lowest BCUT2D eigenvalue weighted by Crippen LogP contribution is -2.46. The Morgan fingerprint density at radius 1 is 1.24 bits per heavy atom. The van der Waals surface area contributed by atoms with Crippen LogP contribution in [0.25, 0.3) is 0 Å². The second-order valence-corrected chi connectivity index (χ2v) is 6.58. The molecule has 2 N–H and O–H groups in total. The summed E-state index contributed by atoms with van der Waals surface area (Å²) < 4.78 is 5.94. The molecule has 1 saturated heterocycles. The van der Waals surface area contributed by atoms with E-state index in [4.69, 9.17) is 9.84 Å². The van der Waals surface area contributed by atoms with E-state index < -0.39 is 11.6 Å². The third kappa shape index (κ3) is 3.42. The lowest BCUT2D eigenvalue weighted by atomic mass is 9.94. The highest BCUT2D eigenvalue weighted by molar-refractivity contribution is 5.97. The van der Waals surface area contributed by atoms with Crippen LogP contribution in [0.1, 0.15) is 54.8 Å². The molecule has 2 rings (SSSR count). The molecule has 0 spiro atoms. The van der Waals surface area contributed by atoms with E-state index in [0.717, 1.165) is 0 Å². The number of rotatable bonds is 3. The minimum Gasteiger partial charge on any atom is -0.478 e. The maximum atomic E-state index is 12.3. The first-order chi connectivity index (χ1) is 9.61. The molecule has 1 aromatic rings. The quantitative estimate of drug-likeness (QED) is 0.897. The number of ether oxygens (including phenoxy) is 1. The van der Waals surface area contributed by atoms with Crippen LogP contribution in [0, 0.1) is 0 Å². The zero-order chi connectivity index (χ0) is 15.8. The third-order valence-electron chi connectivity index (χ3n) is 3.75. The molecule has 0 radical (unpaired) electrons. The van der Waals surface area contributed by atoms with Crippen molar-refractivity contribution in [2.24, 2.45) is 0 Å². The van der Waals surface area contributed by atoms with Gasteiger partial charge < -0.3 is 15.2 Å². The molecule has 1 fully saturated rings. The first-order valence-electron chi connectivity index (χ1n) is 6.95. The largest absolute Gasteiger partial charge is 0.478 e. The van der Waals surface area contributed by atoms with Crippen molar-refractivity contribution in [1.82, 2.24) is 5.32 Å². The minimum absolute atomic E-state index is 0.102. The second-order valence-electron chi connectivity index (χ2n) is 6.58. The molecule has 1 heterocycles. The van der Waals surface area contributed by atoms with Crippen molar-refractivity contribution in [1.29, 1.82) is 0 Å². The van der Waals surface area contributed by atoms with Crippen molar-refractivity contribution in [3.63, 3.8) is 0 Å². The summed E-state index contributed by atoms with van der Waals surface area (Å²) in [7, 11) is 0. The highest BCUT2D eigenvalue weighted by atomic mass is 16.5. The normalized spacial score (nSPS) is 22.8. The van der Waals surface area contributed by atoms with Gasteiger partial charge in [-0.15, -0.1) is 0 Å². The van der Waals surface area contributed by atoms with Crippen LogP contribution in [0.3, 0.4) is 0 Å². The van der Waals surface area contributed by atoms with Crippen molar-refractivity contribution < 1.29 is 19.4 Å². The van der Waals surface area contributed by atoms with E-state index in [2.05, 4.69) is 5.32 Å². The highest BCUT2D eigenvalue weighted by Gasteiger charge is 2.46. The summed E-state index contributed by atoms with van der Waals surface area (Å²) in [6, 6.07) is 5.90. The van der Waals surface area contributed by atoms with Crippen LogP contribution >= 0.6 is 0 Å². The lowest BCUT2D eigenvalue weighted by molar-refractivity contribution is -0.0693. The number of carboxylic acids is 1. The molecule has 0 aliphatic carbocycles. The number of carbonyl (C=O) groups is 2. The molecule has 1 atom stereocenters. The number of benzene rings is 1. The molecular weight excluding hydrogens is 270 g/mol. The molecule has 5 nitrogen and oxygen atoms in total. The highest BCUT2D eigenvalue weighted by Crippen LogP contribution is 2.37. The first kappa shape index (κ1) is 15.5. The molecule has 0 bridgehead atoms. The van der Waals surface area contributed by atoms with Gasteiger partial charge in [-0.25, -0.2) is 4.79 Å². The third-order valence-corrected chi connectivity index (χ3v) is 3.75. The summed E-state index contributed by atoms with van der Waals surface area (Å²) in [6.07, 6.45) is 0.713. The van der Waals surface area contributed by atoms with Crippen LogP contribution in [0.15, 0.2) is 24.3 Å². The van der Waals surface area contributed by atoms with E-state index in [1.54, 1.807) is 12.1 Å². The molecule has 1 aliphatic heterocycles. The number of amides is 1. The predicted octanol–water partition coefficient (Wildman–Crippen LogP) is 2.46. The summed E-state index contributed by atoms with van der Waals surface area (Å²) >= 11 is 0. The summed E-state index contributed by atoms with van der Waals surface area (Å²) in [5.41, 5.74) is -0.297. The Balaban J connectivity index is 2.15. The Hall–Kier alpha value is -1.88. The van der Waals surface area contributed by atoms with Crippen LogP contribution in [-0.2, 0) is 4.74 Å². The predicted molar refractivity (Wildman–Crippen MR) is 78.5 cm³/mol. The van der Waals surface area contributed by atoms with Crippen LogP contribution in [-0.4, -0.2) is 34.2 Å². The maximum Gasteiger partial charge on any atom is 0.335 e. The molecule has 1 amide bonds. The summed E-state index contributed by atoms with van der Waals surface area (Å²) in [6.45, 7) is 7.87. The van der Waals surface area contributed by atoms with Gasteiger partial charge in [0.1, 0.15) is 0 Å². The zero-order valence-electron chi connectivity index (χ0n) is 12.8. The molecule has 21 heavy (non-hydrogen) atoms. The number of carboxylic acid groups (broad SMARTS) is 1. The van der Waals surface area contributed by atoms with Gasteiger partial charge in [0.2, 0.25) is 0 Å². The standard InChI is InChI=1S/C16H21NO4/c1-15(2)9-12(16(3,4)21-15)17-13(18)10-6-5-7-11(8-10)14(19)20/h5-8,12H,9H2,1-4H3,(H,17,18)(H,19,20). The molecule has 0 saturated carbocycles. The molecule has 1 unspecified atom stereocenters. The van der Waals surface area contributed by atoms with Gasteiger partial charge in [0.15, 0.2) is 0 Å². The van der Waals surface area contributed by atoms with E-state index in [1.807, 2.05) is 27.7 Å². The summed E-state index contributed by atoms with van der Waals surface area (Å²) in [5, 5.41) is 11.9. The Labute approximate surface area is 124 Å². The van der Waals surface area contributed by atoms with Gasteiger partial charge >= 0.3 is 5.97 Å². The van der Waals surface area contributed by atoms with Crippen molar-refractivity contribution in [3.8, 4) is 0 Å². The van der Waals surface area contributed by atoms with Gasteiger partial charge in [-0.2, -0.15) is 0 Å². The minimum atomic E-state index is -1.05. The van der Waals surface area contributed by atoms with Gasteiger partial charge in [-0.3, -0.25) is 4.79 Å². The summed E-state index contributed by atoms with van der Waals surface area (Å²) in [4.78, 5) is 23.3. The molecular formula is C16H21NO4. The Kier molecular flexibility index (Phi) is 3.80. The van der Waals surface area contributed by atoms with Crippen LogP contribution in [0.4, 0.5) is 0 Å². The number of nitrogens with one attached hydrogen (secondary N) is 1. The molecule has 0 aromatic heterocycles. The van der Waals surface area contributed by atoms with Crippen LogP contribution in [0.2, 0.25) is 0 Å². The van der Waals surface area contributed by atoms with Crippen LogP contribution in [0.5, 0.6) is 0 Å². The second kappa shape index (κ2) is 5.15. The van der Waals surface area contributed by atoms with Gasteiger partial charge in [0.25, 0.3) is 5.91 Å². The van der Waals surface area contributed by atoms with Gasteiger partial charge in [-0.05, 0) is 52.3 Å². The number of hydrogen-bond donors (Lipinski definition) is 2. The van der Waals surface area contributed by atoms with E-state index in [0.29, 0.717) is 12.0 Å². The SMILES string of the molecule is CC1(C)CC(NC(=O)c2cccc(C(=O)O)c2)C(C)(C)O1. The monoisotopic (exact) mass is 291 g/mol. The fraction of sp³-hybridized carbons (Fsp3) is 0.500. The first-order valence-corrected chi connectivity index (χ1v) is 6.95. The van der Waals surface area contributed by atoms with Gasteiger partial charge in [0, 0.05) is 5.56 Å². The molecule has 114 valence electrons. The van der Waals surface area contributed by atoms with Crippen molar-refractivity contribution in [2.75, 3.05) is 0 Å². The van der Waals surface area contributed by atoms with Crippen molar-refractivity contribution >= 4 is 11.9 Å². The smallest absolute Gasteiger partial charge is 0.335 e. The Morgan fingerprint density at radius 2 is 1.86 bits per heavy atom. The number of hydrogen-bond acceptors (Lipinski definition) is 3. The van der Waals surface area contributed by atoms with Gasteiger partial charge in [0.05, 0.1) is 22.8 Å². The molecule has 5 heteroatoms. The van der Waals surface area contributed by atoms with E-state index in [1.165, 1.54) is 12.1 Å². The number of aromatic carboxylic acids is 1. The van der Waals surface area contributed by atoms with E-state index in [9.17, 15) is 9.59 Å². The average Bonchev–Trinajstić information content (AvgIpc) is 2.57. The number of carbonyl (C=O) groups excluding carboxylic acids is 1. The lowest BCUT2D eigenvalue weighted by Gasteiger charge is -2.27. The zero-order valence-corrected chi connectivity index (χ0v) is 12.8. The Bertz CT molecular complexity index is 577. The maximum absolute atomic E-state index is 12.3. The summed E-state index contributed by atoms with van der Waals surface area (Å²) in [5.74, 6) is -1.33. The molecule has 1 aromatic carbocycles. The van der Waals surface area contributed by atoms with Crippen LogP contribution < -0.4 is 5.32 Å². The van der Waals surface area contributed by atoms with Gasteiger partial charge in [-0.1, -0.05) is 6.07 Å². The van der Waals surface area contributed by atoms with Crippen molar-refractivity contribution in [2.45, 2.75) is 51.4 Å².